The van der Waals surface area contributed by atoms with Gasteiger partial charge in [-0.3, -0.25) is 0 Å². The number of nitrogens with zero attached hydrogens (tertiary/aromatic N) is 7. The Labute approximate surface area is 286 Å². The number of hydrogen-bond acceptors (Lipinski definition) is 11. The van der Waals surface area contributed by atoms with Crippen molar-refractivity contribution in [2.75, 3.05) is 26.2 Å². The van der Waals surface area contributed by atoms with Crippen LogP contribution in [0.5, 0.6) is 12.0 Å². The van der Waals surface area contributed by atoms with Crippen LogP contribution >= 0.6 is 0 Å². The first-order valence-corrected chi connectivity index (χ1v) is 16.4. The van der Waals surface area contributed by atoms with Crippen LogP contribution in [-0.4, -0.2) is 74.9 Å². The summed E-state index contributed by atoms with van der Waals surface area (Å²) in [6.45, 7) is 8.72. The van der Waals surface area contributed by atoms with Gasteiger partial charge in [-0.25, -0.2) is 24.7 Å². The van der Waals surface area contributed by atoms with Crippen molar-refractivity contribution in [2.45, 2.75) is 64.3 Å². The van der Waals surface area contributed by atoms with Crippen LogP contribution in [-0.2, 0) is 4.74 Å². The molecule has 0 bridgehead atoms. The molecule has 0 atom stereocenters. The van der Waals surface area contributed by atoms with E-state index in [0.29, 0.717) is 49.1 Å². The predicted octanol–water partition coefficient (Wildman–Crippen LogP) is 5.94. The molecule has 1 amide bonds. The van der Waals surface area contributed by atoms with Gasteiger partial charge in [-0.05, 0) is 82.1 Å². The molecule has 0 aliphatic carbocycles. The first kappa shape index (κ1) is 34.7. The van der Waals surface area contributed by atoms with Crippen LogP contribution in [0.3, 0.4) is 0 Å². The molecule has 0 unspecified atom stereocenters. The topological polar surface area (TPSA) is 159 Å². The summed E-state index contributed by atoms with van der Waals surface area (Å²) in [7, 11) is 0. The van der Waals surface area contributed by atoms with E-state index >= 15 is 0 Å². The molecule has 1 N–H and O–H groups in total. The first-order valence-electron chi connectivity index (χ1n) is 16.4. The van der Waals surface area contributed by atoms with Crippen molar-refractivity contribution in [1.29, 1.82) is 10.5 Å². The minimum absolute atomic E-state index is 0.0283. The van der Waals surface area contributed by atoms with Crippen LogP contribution in [0.1, 0.15) is 57.6 Å². The Kier molecular flexibility index (Phi) is 11.7. The fraction of sp³-hybridized carbons (Fsp3) is 0.378. The molecule has 2 saturated heterocycles. The van der Waals surface area contributed by atoms with Crippen molar-refractivity contribution in [2.24, 2.45) is 0 Å². The molecular formula is C37H40N8O4. The van der Waals surface area contributed by atoms with E-state index in [1.54, 1.807) is 54.0 Å². The largest absolute Gasteiger partial charge is 0.460 e. The van der Waals surface area contributed by atoms with Crippen molar-refractivity contribution in [1.82, 2.24) is 30.2 Å². The van der Waals surface area contributed by atoms with E-state index in [2.05, 4.69) is 37.4 Å². The number of nitriles is 2. The predicted molar refractivity (Wildman–Crippen MR) is 182 cm³/mol. The van der Waals surface area contributed by atoms with Crippen LogP contribution in [0.15, 0.2) is 73.3 Å². The number of carbonyl (C=O) groups excluding carboxylic acids is 1. The Bertz CT molecular complexity index is 1730. The van der Waals surface area contributed by atoms with Gasteiger partial charge in [-0.1, -0.05) is 24.3 Å². The second kappa shape index (κ2) is 16.5. The van der Waals surface area contributed by atoms with Gasteiger partial charge in [-0.2, -0.15) is 10.5 Å². The zero-order chi connectivity index (χ0) is 34.6. The molecular weight excluding hydrogens is 620 g/mol. The molecule has 4 aromatic rings. The molecule has 2 fully saturated rings. The average Bonchev–Trinajstić information content (AvgIpc) is 3.13. The molecule has 2 aliphatic heterocycles. The van der Waals surface area contributed by atoms with Crippen LogP contribution in [0, 0.1) is 22.7 Å². The van der Waals surface area contributed by atoms with Gasteiger partial charge in [-0.15, -0.1) is 0 Å². The summed E-state index contributed by atoms with van der Waals surface area (Å²) in [5.74, 6) is 0. The smallest absolute Gasteiger partial charge is 0.410 e. The van der Waals surface area contributed by atoms with Crippen molar-refractivity contribution >= 4 is 6.09 Å². The fourth-order valence-corrected chi connectivity index (χ4v) is 5.22. The van der Waals surface area contributed by atoms with Crippen LogP contribution in [0.25, 0.3) is 22.3 Å². The third kappa shape index (κ3) is 10.4. The lowest BCUT2D eigenvalue weighted by Gasteiger charge is -2.33. The number of amides is 1. The van der Waals surface area contributed by atoms with Crippen molar-refractivity contribution in [3.8, 4) is 46.4 Å². The van der Waals surface area contributed by atoms with Crippen LogP contribution < -0.4 is 14.8 Å². The lowest BCUT2D eigenvalue weighted by molar-refractivity contribution is 0.0119. The van der Waals surface area contributed by atoms with Gasteiger partial charge in [0.1, 0.15) is 17.8 Å². The van der Waals surface area contributed by atoms with Gasteiger partial charge < -0.3 is 24.4 Å². The highest BCUT2D eigenvalue weighted by Gasteiger charge is 2.28. The molecule has 0 radical (unpaired) electrons. The molecule has 49 heavy (non-hydrogen) atoms. The fourth-order valence-electron chi connectivity index (χ4n) is 5.22. The number of likely N-dealkylation sites (tertiary alicyclic amines) is 1. The highest BCUT2D eigenvalue weighted by molar-refractivity contribution is 5.68. The maximum Gasteiger partial charge on any atom is 0.410 e. The zero-order valence-corrected chi connectivity index (χ0v) is 28.0. The number of piperidine rings is 2. The molecule has 6 rings (SSSR count). The van der Waals surface area contributed by atoms with Crippen molar-refractivity contribution < 1.29 is 19.0 Å². The number of rotatable bonds is 6. The third-order valence-corrected chi connectivity index (χ3v) is 7.87. The molecule has 252 valence electrons. The standard InChI is InChI=1S/C21H24N4O3.C16H16N4O/c1-21(2,3)28-20(26)25-10-8-18(9-11-25)27-19-23-13-17(14-24-19)16-6-4-15(12-22)5-7-16;17-9-12-1-3-13(4-2-12)14-10-19-16(20-11-14)21-15-5-7-18-8-6-15/h4-7,13-14,18H,8-11H2,1-3H3;1-4,10-11,15,18H,5-8H2. The van der Waals surface area contributed by atoms with Gasteiger partial charge in [0.05, 0.1) is 23.3 Å². The highest BCUT2D eigenvalue weighted by atomic mass is 16.6. The number of carbonyl (C=O) groups is 1. The minimum Gasteiger partial charge on any atom is -0.460 e. The average molecular weight is 661 g/mol. The molecule has 2 aromatic heterocycles. The van der Waals surface area contributed by atoms with Gasteiger partial charge in [0.15, 0.2) is 0 Å². The number of nitrogens with one attached hydrogen (secondary N) is 1. The summed E-state index contributed by atoms with van der Waals surface area (Å²) in [6.07, 6.45) is 10.2. The van der Waals surface area contributed by atoms with Crippen molar-refractivity contribution in [3.05, 3.63) is 84.4 Å². The lowest BCUT2D eigenvalue weighted by Crippen LogP contribution is -2.44. The summed E-state index contributed by atoms with van der Waals surface area (Å²) in [5.41, 5.74) is 4.47. The second-order valence-electron chi connectivity index (χ2n) is 12.7. The first-order chi connectivity index (χ1) is 23.7. The van der Waals surface area contributed by atoms with E-state index in [4.69, 9.17) is 24.7 Å². The van der Waals surface area contributed by atoms with Gasteiger partial charge in [0.25, 0.3) is 0 Å². The summed E-state index contributed by atoms with van der Waals surface area (Å²) < 4.78 is 17.0. The maximum atomic E-state index is 12.1. The molecule has 0 saturated carbocycles. The normalized spacial score (nSPS) is 15.2. The summed E-state index contributed by atoms with van der Waals surface area (Å²) in [4.78, 5) is 30.9. The molecule has 2 aromatic carbocycles. The van der Waals surface area contributed by atoms with E-state index in [0.717, 1.165) is 48.2 Å². The summed E-state index contributed by atoms with van der Waals surface area (Å²) >= 11 is 0. The van der Waals surface area contributed by atoms with Crippen molar-refractivity contribution in [3.63, 3.8) is 0 Å². The Balaban J connectivity index is 0.000000199. The SMILES string of the molecule is CC(C)(C)OC(=O)N1CCC(Oc2ncc(-c3ccc(C#N)cc3)cn2)CC1.N#Cc1ccc(-c2cnc(OC3CCNCC3)nc2)cc1. The Morgan fingerprint density at radius 3 is 1.49 bits per heavy atom. The number of aromatic nitrogens is 4. The summed E-state index contributed by atoms with van der Waals surface area (Å²) in [6, 6.07) is 19.6. The maximum absolute atomic E-state index is 12.1. The second-order valence-corrected chi connectivity index (χ2v) is 12.7. The molecule has 2 aliphatic rings. The Hall–Kier alpha value is -5.59. The molecule has 12 nitrogen and oxygen atoms in total. The van der Waals surface area contributed by atoms with E-state index in [1.807, 2.05) is 45.0 Å². The monoisotopic (exact) mass is 660 g/mol. The highest BCUT2D eigenvalue weighted by Crippen LogP contribution is 2.23. The van der Waals surface area contributed by atoms with Crippen LogP contribution in [0.4, 0.5) is 4.79 Å². The number of hydrogen-bond donors (Lipinski definition) is 1. The zero-order valence-electron chi connectivity index (χ0n) is 28.0. The molecule has 12 heteroatoms. The molecule has 4 heterocycles. The Morgan fingerprint density at radius 1 is 0.694 bits per heavy atom. The van der Waals surface area contributed by atoms with E-state index < -0.39 is 5.60 Å². The van der Waals surface area contributed by atoms with E-state index in [-0.39, 0.29) is 18.3 Å². The molecule has 0 spiro atoms. The van der Waals surface area contributed by atoms with Gasteiger partial charge in [0.2, 0.25) is 0 Å². The van der Waals surface area contributed by atoms with Gasteiger partial charge in [0, 0.05) is 61.8 Å². The van der Waals surface area contributed by atoms with E-state index in [9.17, 15) is 4.79 Å². The van der Waals surface area contributed by atoms with Gasteiger partial charge >= 0.3 is 18.1 Å². The lowest BCUT2D eigenvalue weighted by atomic mass is 10.1. The number of benzene rings is 2. The van der Waals surface area contributed by atoms with E-state index in [1.165, 1.54) is 0 Å². The minimum atomic E-state index is -0.491. The quantitative estimate of drug-likeness (QED) is 0.261. The summed E-state index contributed by atoms with van der Waals surface area (Å²) in [5, 5.41) is 21.0. The van der Waals surface area contributed by atoms with Crippen LogP contribution in [0.2, 0.25) is 0 Å². The third-order valence-electron chi connectivity index (χ3n) is 7.87. The number of ether oxygens (including phenoxy) is 3. The Morgan fingerprint density at radius 2 is 1.10 bits per heavy atom.